The summed E-state index contributed by atoms with van der Waals surface area (Å²) < 4.78 is 14.0. The van der Waals surface area contributed by atoms with Gasteiger partial charge in [-0.15, -0.1) is 0 Å². The highest BCUT2D eigenvalue weighted by Crippen LogP contribution is 2.36. The first-order valence-electron chi connectivity index (χ1n) is 7.42. The molecule has 0 amide bonds. The monoisotopic (exact) mass is 262 g/mol. The van der Waals surface area contributed by atoms with E-state index in [1.54, 1.807) is 6.07 Å². The Labute approximate surface area is 115 Å². The molecule has 2 aliphatic rings. The number of hydrogen-bond acceptors (Lipinski definition) is 2. The van der Waals surface area contributed by atoms with E-state index in [9.17, 15) is 4.39 Å². The molecule has 3 rings (SSSR count). The Bertz CT molecular complexity index is 452. The first-order valence-corrected chi connectivity index (χ1v) is 7.42. The van der Waals surface area contributed by atoms with Gasteiger partial charge in [0, 0.05) is 25.2 Å². The average Bonchev–Trinajstić information content (AvgIpc) is 3.03. The molecule has 2 aliphatic heterocycles. The molecule has 1 aromatic carbocycles. The normalized spacial score (nSPS) is 27.5. The molecule has 1 spiro atoms. The van der Waals surface area contributed by atoms with Gasteiger partial charge in [0.25, 0.3) is 0 Å². The first-order chi connectivity index (χ1) is 9.22. The third kappa shape index (κ3) is 2.54. The summed E-state index contributed by atoms with van der Waals surface area (Å²) >= 11 is 0. The lowest BCUT2D eigenvalue weighted by Crippen LogP contribution is -2.29. The predicted molar refractivity (Wildman–Crippen MR) is 75.6 cm³/mol. The lowest BCUT2D eigenvalue weighted by molar-refractivity contribution is 0.265. The summed E-state index contributed by atoms with van der Waals surface area (Å²) in [7, 11) is 0. The van der Waals surface area contributed by atoms with Crippen LogP contribution in [0, 0.1) is 11.2 Å². The topological polar surface area (TPSA) is 15.3 Å². The number of hydrogen-bond donors (Lipinski definition) is 1. The number of likely N-dealkylation sites (tertiary alicyclic amines) is 1. The second-order valence-electron chi connectivity index (χ2n) is 6.12. The molecular formula is C16H23FN2. The molecule has 104 valence electrons. The van der Waals surface area contributed by atoms with E-state index in [1.165, 1.54) is 12.8 Å². The van der Waals surface area contributed by atoms with Crippen LogP contribution < -0.4 is 5.32 Å². The van der Waals surface area contributed by atoms with E-state index >= 15 is 0 Å². The van der Waals surface area contributed by atoms with E-state index in [1.807, 2.05) is 6.07 Å². The van der Waals surface area contributed by atoms with Gasteiger partial charge < -0.3 is 5.32 Å². The Morgan fingerprint density at radius 2 is 2.26 bits per heavy atom. The van der Waals surface area contributed by atoms with E-state index in [-0.39, 0.29) is 5.82 Å². The zero-order chi connectivity index (χ0) is 13.3. The van der Waals surface area contributed by atoms with Crippen LogP contribution in [0.3, 0.4) is 0 Å². The molecule has 0 aliphatic carbocycles. The zero-order valence-corrected chi connectivity index (χ0v) is 11.7. The van der Waals surface area contributed by atoms with Crippen molar-refractivity contribution in [2.75, 3.05) is 26.2 Å². The highest BCUT2D eigenvalue weighted by atomic mass is 19.1. The average molecular weight is 262 g/mol. The quantitative estimate of drug-likeness (QED) is 0.900. The van der Waals surface area contributed by atoms with Crippen LogP contribution in [0.4, 0.5) is 4.39 Å². The molecule has 1 unspecified atom stereocenters. The zero-order valence-electron chi connectivity index (χ0n) is 11.7. The van der Waals surface area contributed by atoms with Crippen LogP contribution in [0.1, 0.15) is 30.9 Å². The van der Waals surface area contributed by atoms with Crippen LogP contribution in [0.5, 0.6) is 0 Å². The molecular weight excluding hydrogens is 239 g/mol. The van der Waals surface area contributed by atoms with Gasteiger partial charge in [0.1, 0.15) is 5.82 Å². The smallest absolute Gasteiger partial charge is 0.127 e. The Balaban J connectivity index is 1.72. The van der Waals surface area contributed by atoms with Crippen molar-refractivity contribution in [3.05, 3.63) is 35.1 Å². The molecule has 1 aromatic rings. The Morgan fingerprint density at radius 3 is 3.00 bits per heavy atom. The van der Waals surface area contributed by atoms with E-state index < -0.39 is 0 Å². The molecule has 2 saturated heterocycles. The maximum absolute atomic E-state index is 14.0. The predicted octanol–water partition coefficient (Wildman–Crippen LogP) is 2.57. The largest absolute Gasteiger partial charge is 0.316 e. The fourth-order valence-electron chi connectivity index (χ4n) is 3.64. The van der Waals surface area contributed by atoms with Crippen molar-refractivity contribution in [3.63, 3.8) is 0 Å². The molecule has 1 N–H and O–H groups in total. The molecule has 0 bridgehead atoms. The Kier molecular flexibility index (Phi) is 3.59. The second kappa shape index (κ2) is 5.22. The summed E-state index contributed by atoms with van der Waals surface area (Å²) in [5.41, 5.74) is 2.54. The highest BCUT2D eigenvalue weighted by molar-refractivity contribution is 5.28. The fraction of sp³-hybridized carbons (Fsp3) is 0.625. The van der Waals surface area contributed by atoms with Gasteiger partial charge in [0.2, 0.25) is 0 Å². The van der Waals surface area contributed by atoms with Crippen LogP contribution >= 0.6 is 0 Å². The van der Waals surface area contributed by atoms with Crippen LogP contribution in [0.15, 0.2) is 18.2 Å². The highest BCUT2D eigenvalue weighted by Gasteiger charge is 2.40. The lowest BCUT2D eigenvalue weighted by Gasteiger charge is -2.23. The molecule has 0 radical (unpaired) electrons. The third-order valence-corrected chi connectivity index (χ3v) is 4.83. The summed E-state index contributed by atoms with van der Waals surface area (Å²) in [6.45, 7) is 7.40. The lowest BCUT2D eigenvalue weighted by atomic mass is 9.86. The minimum Gasteiger partial charge on any atom is -0.316 e. The minimum absolute atomic E-state index is 0.0372. The van der Waals surface area contributed by atoms with Crippen LogP contribution in [-0.4, -0.2) is 31.1 Å². The molecule has 0 saturated carbocycles. The van der Waals surface area contributed by atoms with Gasteiger partial charge in [-0.25, -0.2) is 4.39 Å². The third-order valence-electron chi connectivity index (χ3n) is 4.83. The Morgan fingerprint density at radius 1 is 1.37 bits per heavy atom. The molecule has 3 heteroatoms. The maximum Gasteiger partial charge on any atom is 0.127 e. The van der Waals surface area contributed by atoms with Gasteiger partial charge in [-0.2, -0.15) is 0 Å². The molecule has 2 nitrogen and oxygen atoms in total. The van der Waals surface area contributed by atoms with E-state index in [2.05, 4.69) is 23.2 Å². The van der Waals surface area contributed by atoms with Crippen molar-refractivity contribution in [2.24, 2.45) is 5.41 Å². The van der Waals surface area contributed by atoms with Crippen molar-refractivity contribution >= 4 is 0 Å². The maximum atomic E-state index is 14.0. The van der Waals surface area contributed by atoms with Gasteiger partial charge in [-0.05, 0) is 49.4 Å². The van der Waals surface area contributed by atoms with Crippen molar-refractivity contribution in [3.8, 4) is 0 Å². The molecule has 2 fully saturated rings. The first kappa shape index (κ1) is 13.1. The number of halogens is 1. The van der Waals surface area contributed by atoms with E-state index in [4.69, 9.17) is 0 Å². The number of benzene rings is 1. The Hall–Kier alpha value is -0.930. The van der Waals surface area contributed by atoms with Gasteiger partial charge in [0.15, 0.2) is 0 Å². The minimum atomic E-state index is -0.0372. The number of rotatable bonds is 3. The van der Waals surface area contributed by atoms with E-state index in [0.29, 0.717) is 5.41 Å². The summed E-state index contributed by atoms with van der Waals surface area (Å²) in [6, 6.07) is 5.48. The van der Waals surface area contributed by atoms with Gasteiger partial charge in [0.05, 0.1) is 0 Å². The second-order valence-corrected chi connectivity index (χ2v) is 6.12. The van der Waals surface area contributed by atoms with Gasteiger partial charge in [-0.1, -0.05) is 19.1 Å². The SMILES string of the molecule is CCc1cccc(F)c1CN1CCC2(CCNC2)C1. The van der Waals surface area contributed by atoms with Gasteiger partial charge in [-0.3, -0.25) is 4.90 Å². The number of nitrogens with one attached hydrogen (secondary N) is 1. The molecule has 19 heavy (non-hydrogen) atoms. The van der Waals surface area contributed by atoms with Gasteiger partial charge >= 0.3 is 0 Å². The standard InChI is InChI=1S/C16H23FN2/c1-2-13-4-3-5-15(17)14(13)10-19-9-7-16(12-19)6-8-18-11-16/h3-5,18H,2,6-12H2,1H3. The molecule has 0 aromatic heterocycles. The van der Waals surface area contributed by atoms with Crippen molar-refractivity contribution in [1.29, 1.82) is 0 Å². The summed E-state index contributed by atoms with van der Waals surface area (Å²) in [4.78, 5) is 2.44. The van der Waals surface area contributed by atoms with Crippen LogP contribution in [0.2, 0.25) is 0 Å². The number of aryl methyl sites for hydroxylation is 1. The van der Waals surface area contributed by atoms with Crippen molar-refractivity contribution < 1.29 is 4.39 Å². The molecule has 1 atom stereocenters. The van der Waals surface area contributed by atoms with Crippen molar-refractivity contribution in [1.82, 2.24) is 10.2 Å². The summed E-state index contributed by atoms with van der Waals surface area (Å²) in [6.07, 6.45) is 3.45. The number of nitrogens with zero attached hydrogens (tertiary/aromatic N) is 1. The van der Waals surface area contributed by atoms with Crippen LogP contribution in [-0.2, 0) is 13.0 Å². The fourth-order valence-corrected chi connectivity index (χ4v) is 3.64. The molecule has 2 heterocycles. The van der Waals surface area contributed by atoms with Crippen molar-refractivity contribution in [2.45, 2.75) is 32.7 Å². The summed E-state index contributed by atoms with van der Waals surface area (Å²) in [5.74, 6) is -0.0372. The van der Waals surface area contributed by atoms with Crippen LogP contribution in [0.25, 0.3) is 0 Å². The van der Waals surface area contributed by atoms with E-state index in [0.717, 1.165) is 50.3 Å². The summed E-state index contributed by atoms with van der Waals surface area (Å²) in [5, 5.41) is 3.47.